The van der Waals surface area contributed by atoms with Crippen LogP contribution in [0.4, 0.5) is 26.8 Å². The molecule has 44 heavy (non-hydrogen) atoms. The molecular weight excluding hydrogens is 560 g/mol. The Morgan fingerprint density at radius 2 is 1.77 bits per heavy atom. The van der Waals surface area contributed by atoms with Gasteiger partial charge in [-0.25, -0.2) is 19.0 Å². The van der Waals surface area contributed by atoms with Gasteiger partial charge in [0.2, 0.25) is 0 Å². The maximum atomic E-state index is 13.8. The number of fused-ring (bicyclic) bond motifs is 1. The van der Waals surface area contributed by atoms with Gasteiger partial charge >= 0.3 is 12.2 Å². The minimum absolute atomic E-state index is 0.0171. The Morgan fingerprint density at radius 1 is 1.09 bits per heavy atom. The lowest BCUT2D eigenvalue weighted by Crippen LogP contribution is -2.40. The van der Waals surface area contributed by atoms with Crippen LogP contribution in [-0.4, -0.2) is 63.6 Å². The molecule has 0 spiro atoms. The number of aromatic nitrogens is 2. The fourth-order valence-electron chi connectivity index (χ4n) is 5.38. The van der Waals surface area contributed by atoms with Gasteiger partial charge in [-0.3, -0.25) is 0 Å². The molecule has 1 N–H and O–H groups in total. The minimum Gasteiger partial charge on any atom is -0.494 e. The fraction of sp³-hybridized carbons (Fsp3) is 0.515. The van der Waals surface area contributed by atoms with Crippen LogP contribution < -0.4 is 15.0 Å². The molecule has 1 aromatic carbocycles. The fourth-order valence-corrected chi connectivity index (χ4v) is 5.38. The monoisotopic (exact) mass is 604 g/mol. The Labute approximate surface area is 259 Å². The number of likely N-dealkylation sites (tertiary alicyclic amines) is 1. The van der Waals surface area contributed by atoms with Gasteiger partial charge in [-0.05, 0) is 105 Å². The number of nitriles is 1. The number of nitrogens with zero attached hydrogens (tertiary/aromatic N) is 5. The summed E-state index contributed by atoms with van der Waals surface area (Å²) in [5, 5.41) is 18.2. The van der Waals surface area contributed by atoms with Crippen LogP contribution in [0, 0.1) is 18.3 Å². The molecule has 236 valence electrons. The highest BCUT2D eigenvalue weighted by Crippen LogP contribution is 2.38. The molecule has 3 heterocycles. The molecule has 1 saturated heterocycles. The summed E-state index contributed by atoms with van der Waals surface area (Å²) in [5.74, 6) is 1.12. The number of rotatable bonds is 8. The zero-order valence-corrected chi connectivity index (χ0v) is 27.1. The minimum atomic E-state index is -0.757. The summed E-state index contributed by atoms with van der Waals surface area (Å²) in [6.45, 7) is 16.5. The zero-order chi connectivity index (χ0) is 32.2. The quantitative estimate of drug-likeness (QED) is 0.287. The maximum absolute atomic E-state index is 13.8. The lowest BCUT2D eigenvalue weighted by atomic mass is 10.1. The summed E-state index contributed by atoms with van der Waals surface area (Å²) in [7, 11) is 0. The normalized spacial score (nSPS) is 15.2. The van der Waals surface area contributed by atoms with Gasteiger partial charge < -0.3 is 24.4 Å². The number of anilines is 3. The molecule has 0 radical (unpaired) electrons. The van der Waals surface area contributed by atoms with E-state index in [1.54, 1.807) is 45.9 Å². The SMILES string of the molecule is CCOc1ccc(N(C(=O)OC(C)(C)C)c2c(C)c(NCCC3CCCN3C(=O)OC(C)(C)C)c(C#N)c3ccnn23)cc1. The molecule has 11 heteroatoms. The van der Waals surface area contributed by atoms with Gasteiger partial charge in [0.25, 0.3) is 0 Å². The third-order valence-electron chi connectivity index (χ3n) is 7.15. The first kappa shape index (κ1) is 32.5. The van der Waals surface area contributed by atoms with Crippen LogP contribution in [0.2, 0.25) is 0 Å². The van der Waals surface area contributed by atoms with E-state index < -0.39 is 17.3 Å². The topological polar surface area (TPSA) is 121 Å². The number of carbonyl (C=O) groups is 2. The van der Waals surface area contributed by atoms with E-state index in [1.807, 2.05) is 55.4 Å². The number of ether oxygens (including phenoxy) is 3. The highest BCUT2D eigenvalue weighted by molar-refractivity contribution is 5.98. The van der Waals surface area contributed by atoms with Crippen molar-refractivity contribution in [2.24, 2.45) is 0 Å². The summed E-state index contributed by atoms with van der Waals surface area (Å²) in [4.78, 5) is 29.9. The molecule has 2 aromatic heterocycles. The number of nitrogens with one attached hydrogen (secondary N) is 1. The van der Waals surface area contributed by atoms with Crippen molar-refractivity contribution in [3.63, 3.8) is 0 Å². The van der Waals surface area contributed by atoms with Crippen molar-refractivity contribution in [1.29, 1.82) is 5.26 Å². The van der Waals surface area contributed by atoms with Crippen LogP contribution in [0.3, 0.4) is 0 Å². The predicted molar refractivity (Wildman–Crippen MR) is 170 cm³/mol. The summed E-state index contributed by atoms with van der Waals surface area (Å²) in [5.41, 5.74) is 1.43. The standard InChI is InChI=1S/C33H44N6O5/c1-9-42-25-14-12-24(13-15-25)38(31(41)44-33(6,7)8)29-22(2)28(26(21-34)27-17-19-36-39(27)29)35-18-16-23-11-10-20-37(23)30(40)43-32(3,4)5/h12-15,17,19,23,35H,9-11,16,18,20H2,1-8H3. The molecule has 0 aliphatic carbocycles. The molecule has 3 aromatic rings. The van der Waals surface area contributed by atoms with E-state index in [0.29, 0.717) is 65.7 Å². The number of hydrogen-bond donors (Lipinski definition) is 1. The number of hydrogen-bond acceptors (Lipinski definition) is 8. The molecule has 2 amide bonds. The predicted octanol–water partition coefficient (Wildman–Crippen LogP) is 7.19. The van der Waals surface area contributed by atoms with E-state index in [9.17, 15) is 14.9 Å². The van der Waals surface area contributed by atoms with Gasteiger partial charge in [0.05, 0.1) is 29.7 Å². The first-order valence-corrected chi connectivity index (χ1v) is 15.1. The lowest BCUT2D eigenvalue weighted by molar-refractivity contribution is 0.0222. The van der Waals surface area contributed by atoms with E-state index in [2.05, 4.69) is 16.5 Å². The first-order chi connectivity index (χ1) is 20.7. The first-order valence-electron chi connectivity index (χ1n) is 15.1. The second kappa shape index (κ2) is 13.0. The lowest BCUT2D eigenvalue weighted by Gasteiger charge is -2.30. The van der Waals surface area contributed by atoms with Gasteiger partial charge in [-0.1, -0.05) is 0 Å². The molecule has 1 fully saturated rings. The summed E-state index contributed by atoms with van der Waals surface area (Å²) >= 11 is 0. The number of benzene rings is 1. The van der Waals surface area contributed by atoms with Crippen LogP contribution in [0.1, 0.15) is 78.9 Å². The third kappa shape index (κ3) is 7.36. The Bertz CT molecular complexity index is 1530. The van der Waals surface area contributed by atoms with Crippen molar-refractivity contribution >= 4 is 34.9 Å². The number of amides is 2. The molecular formula is C33H44N6O5. The Kier molecular flexibility index (Phi) is 9.62. The van der Waals surface area contributed by atoms with Crippen molar-refractivity contribution in [2.75, 3.05) is 29.9 Å². The molecule has 0 saturated carbocycles. The highest BCUT2D eigenvalue weighted by Gasteiger charge is 2.33. The van der Waals surface area contributed by atoms with Crippen molar-refractivity contribution in [3.05, 3.63) is 47.7 Å². The summed E-state index contributed by atoms with van der Waals surface area (Å²) in [6, 6.07) is 11.3. The van der Waals surface area contributed by atoms with Crippen LogP contribution in [0.25, 0.3) is 5.52 Å². The average Bonchev–Trinajstić information content (AvgIpc) is 3.60. The molecule has 1 atom stereocenters. The van der Waals surface area contributed by atoms with Crippen LogP contribution in [0.5, 0.6) is 5.75 Å². The molecule has 1 unspecified atom stereocenters. The van der Waals surface area contributed by atoms with Crippen molar-refractivity contribution < 1.29 is 23.8 Å². The smallest absolute Gasteiger partial charge is 0.420 e. The van der Waals surface area contributed by atoms with Gasteiger partial charge in [0, 0.05) is 24.7 Å². The summed E-state index contributed by atoms with van der Waals surface area (Å²) in [6.07, 6.45) is 3.16. The average molecular weight is 605 g/mol. The van der Waals surface area contributed by atoms with E-state index in [4.69, 9.17) is 14.2 Å². The molecule has 11 nitrogen and oxygen atoms in total. The Hall–Kier alpha value is -4.46. The van der Waals surface area contributed by atoms with Gasteiger partial charge in [0.1, 0.15) is 34.4 Å². The maximum Gasteiger partial charge on any atom is 0.420 e. The van der Waals surface area contributed by atoms with Crippen LogP contribution in [0.15, 0.2) is 36.5 Å². The highest BCUT2D eigenvalue weighted by atomic mass is 16.6. The van der Waals surface area contributed by atoms with Crippen LogP contribution in [-0.2, 0) is 9.47 Å². The van der Waals surface area contributed by atoms with E-state index in [0.717, 1.165) is 12.8 Å². The summed E-state index contributed by atoms with van der Waals surface area (Å²) < 4.78 is 18.7. The van der Waals surface area contributed by atoms with Gasteiger partial charge in [-0.2, -0.15) is 10.4 Å². The second-order valence-corrected chi connectivity index (χ2v) is 12.9. The van der Waals surface area contributed by atoms with E-state index >= 15 is 0 Å². The Morgan fingerprint density at radius 3 is 2.39 bits per heavy atom. The molecule has 1 aliphatic heterocycles. The van der Waals surface area contributed by atoms with E-state index in [-0.39, 0.29) is 12.1 Å². The molecule has 0 bridgehead atoms. The zero-order valence-electron chi connectivity index (χ0n) is 27.1. The largest absolute Gasteiger partial charge is 0.494 e. The van der Waals surface area contributed by atoms with Crippen molar-refractivity contribution in [2.45, 2.75) is 91.9 Å². The Balaban J connectivity index is 1.72. The van der Waals surface area contributed by atoms with E-state index in [1.165, 1.54) is 4.90 Å². The molecule has 1 aliphatic rings. The third-order valence-corrected chi connectivity index (χ3v) is 7.15. The van der Waals surface area contributed by atoms with Gasteiger partial charge in [-0.15, -0.1) is 0 Å². The van der Waals surface area contributed by atoms with Crippen LogP contribution >= 0.6 is 0 Å². The number of pyridine rings is 1. The van der Waals surface area contributed by atoms with Crippen molar-refractivity contribution in [1.82, 2.24) is 14.5 Å². The van der Waals surface area contributed by atoms with Gasteiger partial charge in [0.15, 0.2) is 0 Å². The number of carbonyl (C=O) groups excluding carboxylic acids is 2. The second-order valence-electron chi connectivity index (χ2n) is 12.9. The molecule has 4 rings (SSSR count). The van der Waals surface area contributed by atoms with Crippen molar-refractivity contribution in [3.8, 4) is 11.8 Å².